The van der Waals surface area contributed by atoms with E-state index in [-0.39, 0.29) is 23.5 Å². The van der Waals surface area contributed by atoms with Crippen LogP contribution in [0.4, 0.5) is 10.1 Å². The lowest BCUT2D eigenvalue weighted by molar-refractivity contribution is -0.132. The Kier molecular flexibility index (Phi) is 5.18. The zero-order valence-corrected chi connectivity index (χ0v) is 15.3. The third-order valence-electron chi connectivity index (χ3n) is 4.38. The van der Waals surface area contributed by atoms with Gasteiger partial charge >= 0.3 is 0 Å². The quantitative estimate of drug-likeness (QED) is 0.787. The molecule has 1 N–H and O–H groups in total. The van der Waals surface area contributed by atoms with Crippen molar-refractivity contribution in [2.24, 2.45) is 5.92 Å². The van der Waals surface area contributed by atoms with Crippen LogP contribution in [-0.2, 0) is 9.59 Å². The number of nitrogens with zero attached hydrogens (tertiary/aromatic N) is 1. The number of carbonyl (C=O) groups excluding carboxylic acids is 2. The summed E-state index contributed by atoms with van der Waals surface area (Å²) < 4.78 is 14.7. The summed E-state index contributed by atoms with van der Waals surface area (Å²) in [7, 11) is 0. The molecule has 130 valence electrons. The number of amides is 2. The molecule has 4 nitrogen and oxygen atoms in total. The molecule has 0 aromatic heterocycles. The second-order valence-electron chi connectivity index (χ2n) is 6.07. The van der Waals surface area contributed by atoms with E-state index < -0.39 is 11.7 Å². The normalized spacial score (nSPS) is 18.3. The number of anilines is 1. The van der Waals surface area contributed by atoms with Gasteiger partial charge in [-0.3, -0.25) is 9.59 Å². The highest BCUT2D eigenvalue weighted by Crippen LogP contribution is 2.29. The standard InChI is InChI=1S/C19H18BrFN2O2/c1-12(13-5-3-2-4-6-13)22-18(24)15-9-10-23(19(15)25)17-8-7-14(20)11-16(17)21/h2-8,11-12,15H,9-10H2,1H3,(H,22,24)/t12-,15+/m1/s1. The number of nitrogens with one attached hydrogen (secondary N) is 1. The average molecular weight is 405 g/mol. The van der Waals surface area contributed by atoms with Gasteiger partial charge in [-0.2, -0.15) is 0 Å². The average Bonchev–Trinajstić information content (AvgIpc) is 2.97. The molecular formula is C19H18BrFN2O2. The van der Waals surface area contributed by atoms with Gasteiger partial charge in [-0.25, -0.2) is 4.39 Å². The summed E-state index contributed by atoms with van der Waals surface area (Å²) in [5.41, 5.74) is 1.18. The molecule has 3 rings (SSSR count). The number of rotatable bonds is 4. The van der Waals surface area contributed by atoms with Crippen LogP contribution >= 0.6 is 15.9 Å². The van der Waals surface area contributed by atoms with Crippen molar-refractivity contribution >= 4 is 33.4 Å². The Morgan fingerprint density at radius 2 is 2.00 bits per heavy atom. The van der Waals surface area contributed by atoms with Crippen molar-refractivity contribution in [3.05, 3.63) is 64.4 Å². The maximum Gasteiger partial charge on any atom is 0.239 e. The number of hydrogen-bond acceptors (Lipinski definition) is 2. The molecule has 0 unspecified atom stereocenters. The summed E-state index contributed by atoms with van der Waals surface area (Å²) in [6.07, 6.45) is 0.377. The summed E-state index contributed by atoms with van der Waals surface area (Å²) in [5.74, 6) is -1.95. The van der Waals surface area contributed by atoms with Crippen molar-refractivity contribution in [3.8, 4) is 0 Å². The van der Waals surface area contributed by atoms with Crippen LogP contribution in [0.15, 0.2) is 53.0 Å². The van der Waals surface area contributed by atoms with Crippen molar-refractivity contribution < 1.29 is 14.0 Å². The SMILES string of the molecule is C[C@@H](NC(=O)[C@@H]1CCN(c2ccc(Br)cc2F)C1=O)c1ccccc1. The molecule has 25 heavy (non-hydrogen) atoms. The molecular weight excluding hydrogens is 387 g/mol. The highest BCUT2D eigenvalue weighted by molar-refractivity contribution is 9.10. The lowest BCUT2D eigenvalue weighted by Gasteiger charge is -2.19. The van der Waals surface area contributed by atoms with Crippen LogP contribution in [-0.4, -0.2) is 18.4 Å². The minimum atomic E-state index is -0.783. The molecule has 0 bridgehead atoms. The van der Waals surface area contributed by atoms with Crippen LogP contribution < -0.4 is 10.2 Å². The lowest BCUT2D eigenvalue weighted by atomic mass is 10.0. The molecule has 2 atom stereocenters. The first kappa shape index (κ1) is 17.6. The first-order valence-corrected chi connectivity index (χ1v) is 8.88. The number of hydrogen-bond donors (Lipinski definition) is 1. The predicted molar refractivity (Wildman–Crippen MR) is 97.6 cm³/mol. The molecule has 2 amide bonds. The Bertz CT molecular complexity index is 797. The van der Waals surface area contributed by atoms with Crippen molar-refractivity contribution in [2.75, 3.05) is 11.4 Å². The predicted octanol–water partition coefficient (Wildman–Crippen LogP) is 3.82. The van der Waals surface area contributed by atoms with Gasteiger partial charge in [-0.05, 0) is 37.1 Å². The second kappa shape index (κ2) is 7.35. The van der Waals surface area contributed by atoms with E-state index in [4.69, 9.17) is 0 Å². The Balaban J connectivity index is 1.70. The third-order valence-corrected chi connectivity index (χ3v) is 4.87. The monoisotopic (exact) mass is 404 g/mol. The van der Waals surface area contributed by atoms with Crippen LogP contribution in [0.25, 0.3) is 0 Å². The van der Waals surface area contributed by atoms with E-state index in [9.17, 15) is 14.0 Å². The van der Waals surface area contributed by atoms with Gasteiger partial charge in [0.25, 0.3) is 0 Å². The highest BCUT2D eigenvalue weighted by atomic mass is 79.9. The summed E-state index contributed by atoms with van der Waals surface area (Å²) >= 11 is 3.20. The smallest absolute Gasteiger partial charge is 0.239 e. The van der Waals surface area contributed by atoms with E-state index in [0.717, 1.165) is 5.56 Å². The van der Waals surface area contributed by atoms with E-state index in [1.807, 2.05) is 37.3 Å². The maximum absolute atomic E-state index is 14.1. The van der Waals surface area contributed by atoms with Crippen LogP contribution in [0, 0.1) is 11.7 Å². The first-order chi connectivity index (χ1) is 12.0. The Labute approximate surface area is 154 Å². The van der Waals surface area contributed by atoms with E-state index >= 15 is 0 Å². The van der Waals surface area contributed by atoms with Gasteiger partial charge in [0, 0.05) is 11.0 Å². The van der Waals surface area contributed by atoms with Crippen molar-refractivity contribution in [1.29, 1.82) is 0 Å². The minimum Gasteiger partial charge on any atom is -0.349 e. The van der Waals surface area contributed by atoms with E-state index in [2.05, 4.69) is 21.2 Å². The fourth-order valence-electron chi connectivity index (χ4n) is 3.00. The lowest BCUT2D eigenvalue weighted by Crippen LogP contribution is -2.38. The molecule has 1 heterocycles. The fourth-order valence-corrected chi connectivity index (χ4v) is 3.33. The summed E-state index contributed by atoms with van der Waals surface area (Å²) in [6.45, 7) is 2.20. The Morgan fingerprint density at radius 1 is 1.28 bits per heavy atom. The Morgan fingerprint density at radius 3 is 2.68 bits per heavy atom. The van der Waals surface area contributed by atoms with Crippen LogP contribution in [0.1, 0.15) is 24.9 Å². The Hall–Kier alpha value is -2.21. The zero-order chi connectivity index (χ0) is 18.0. The maximum atomic E-state index is 14.1. The first-order valence-electron chi connectivity index (χ1n) is 8.09. The van der Waals surface area contributed by atoms with Crippen molar-refractivity contribution in [1.82, 2.24) is 5.32 Å². The van der Waals surface area contributed by atoms with Gasteiger partial charge in [0.2, 0.25) is 11.8 Å². The van der Waals surface area contributed by atoms with Gasteiger partial charge in [0.05, 0.1) is 11.7 Å². The zero-order valence-electron chi connectivity index (χ0n) is 13.7. The summed E-state index contributed by atoms with van der Waals surface area (Å²) in [4.78, 5) is 26.4. The molecule has 1 aliphatic rings. The number of carbonyl (C=O) groups is 2. The summed E-state index contributed by atoms with van der Waals surface area (Å²) in [6, 6.07) is 13.9. The summed E-state index contributed by atoms with van der Waals surface area (Å²) in [5, 5.41) is 2.88. The van der Waals surface area contributed by atoms with Gasteiger partial charge < -0.3 is 10.2 Å². The molecule has 6 heteroatoms. The molecule has 1 saturated heterocycles. The number of halogens is 2. The van der Waals surface area contributed by atoms with Gasteiger partial charge in [-0.15, -0.1) is 0 Å². The van der Waals surface area contributed by atoms with Crippen LogP contribution in [0.5, 0.6) is 0 Å². The molecule has 1 fully saturated rings. The van der Waals surface area contributed by atoms with Crippen molar-refractivity contribution in [2.45, 2.75) is 19.4 Å². The number of benzene rings is 2. The van der Waals surface area contributed by atoms with Gasteiger partial charge in [0.15, 0.2) is 0 Å². The molecule has 2 aromatic carbocycles. The minimum absolute atomic E-state index is 0.194. The van der Waals surface area contributed by atoms with Gasteiger partial charge in [-0.1, -0.05) is 46.3 Å². The third kappa shape index (κ3) is 3.74. The van der Waals surface area contributed by atoms with Crippen LogP contribution in [0.3, 0.4) is 0 Å². The van der Waals surface area contributed by atoms with E-state index in [0.29, 0.717) is 17.4 Å². The van der Waals surface area contributed by atoms with Gasteiger partial charge in [0.1, 0.15) is 11.7 Å². The highest BCUT2D eigenvalue weighted by Gasteiger charge is 2.38. The topological polar surface area (TPSA) is 49.4 Å². The fraction of sp³-hybridized carbons (Fsp3) is 0.263. The molecule has 0 aliphatic carbocycles. The van der Waals surface area contributed by atoms with E-state index in [1.54, 1.807) is 12.1 Å². The largest absolute Gasteiger partial charge is 0.349 e. The molecule has 1 aliphatic heterocycles. The van der Waals surface area contributed by atoms with Crippen LogP contribution in [0.2, 0.25) is 0 Å². The van der Waals surface area contributed by atoms with Crippen molar-refractivity contribution in [3.63, 3.8) is 0 Å². The molecule has 0 saturated carbocycles. The second-order valence-corrected chi connectivity index (χ2v) is 6.98. The molecule has 0 radical (unpaired) electrons. The van der Waals surface area contributed by atoms with E-state index in [1.165, 1.54) is 11.0 Å². The molecule has 0 spiro atoms. The molecule has 2 aromatic rings.